The van der Waals surface area contributed by atoms with Gasteiger partial charge in [-0.1, -0.05) is 49.4 Å². The predicted octanol–water partition coefficient (Wildman–Crippen LogP) is 3.75. The molecule has 3 rings (SSSR count). The van der Waals surface area contributed by atoms with Gasteiger partial charge in [0.25, 0.3) is 5.78 Å². The number of carbonyl (C=O) groups is 2. The number of fused-ring (bicyclic) bond motifs is 1. The maximum atomic E-state index is 12.7. The van der Waals surface area contributed by atoms with Gasteiger partial charge in [0.2, 0.25) is 0 Å². The monoisotopic (exact) mass is 365 g/mol. The minimum atomic E-state index is -0.877. The molecule has 2 aromatic carbocycles. The van der Waals surface area contributed by atoms with Crippen LogP contribution >= 0.6 is 0 Å². The second-order valence-electron chi connectivity index (χ2n) is 6.62. The lowest BCUT2D eigenvalue weighted by Crippen LogP contribution is -2.34. The number of ketones is 1. The SMILES string of the molecule is CCC(OC(=O)C(=O)c1cccc2c1OC=CC2c1ccccc1)N(C)C. The van der Waals surface area contributed by atoms with E-state index in [2.05, 4.69) is 0 Å². The fraction of sp³-hybridized carbons (Fsp3) is 0.273. The van der Waals surface area contributed by atoms with Crippen LogP contribution in [0.4, 0.5) is 0 Å². The summed E-state index contributed by atoms with van der Waals surface area (Å²) in [6.45, 7) is 1.89. The highest BCUT2D eigenvalue weighted by molar-refractivity contribution is 6.41. The number of hydrogen-bond acceptors (Lipinski definition) is 5. The summed E-state index contributed by atoms with van der Waals surface area (Å²) < 4.78 is 11.0. The lowest BCUT2D eigenvalue weighted by Gasteiger charge is -2.24. The maximum absolute atomic E-state index is 12.7. The van der Waals surface area contributed by atoms with Crippen LogP contribution in [0.3, 0.4) is 0 Å². The van der Waals surface area contributed by atoms with Crippen molar-refractivity contribution in [2.45, 2.75) is 25.5 Å². The summed E-state index contributed by atoms with van der Waals surface area (Å²) in [6.07, 6.45) is 3.65. The van der Waals surface area contributed by atoms with Gasteiger partial charge in [0.05, 0.1) is 11.8 Å². The van der Waals surface area contributed by atoms with Gasteiger partial charge in [0, 0.05) is 11.5 Å². The van der Waals surface area contributed by atoms with E-state index in [9.17, 15) is 9.59 Å². The standard InChI is InChI=1S/C22H23NO4/c1-4-19(23(2)3)27-22(25)20(24)18-12-8-11-17-16(13-14-26-21(17)18)15-9-6-5-7-10-15/h5-14,16,19H,4H2,1-3H3. The van der Waals surface area contributed by atoms with Crippen molar-refractivity contribution >= 4 is 11.8 Å². The quantitative estimate of drug-likeness (QED) is 0.338. The molecule has 0 spiro atoms. The van der Waals surface area contributed by atoms with E-state index in [1.807, 2.05) is 49.4 Å². The maximum Gasteiger partial charge on any atom is 0.381 e. The topological polar surface area (TPSA) is 55.8 Å². The predicted molar refractivity (Wildman–Crippen MR) is 103 cm³/mol. The first-order valence-electron chi connectivity index (χ1n) is 8.95. The van der Waals surface area contributed by atoms with Gasteiger partial charge < -0.3 is 9.47 Å². The van der Waals surface area contributed by atoms with E-state index in [0.29, 0.717) is 12.2 Å². The van der Waals surface area contributed by atoms with Crippen LogP contribution in [0.2, 0.25) is 0 Å². The zero-order chi connectivity index (χ0) is 19.4. The molecule has 5 heteroatoms. The molecule has 0 bridgehead atoms. The summed E-state index contributed by atoms with van der Waals surface area (Å²) in [5.74, 6) is -1.20. The molecule has 0 amide bonds. The molecule has 2 atom stereocenters. The van der Waals surface area contributed by atoms with Crippen LogP contribution < -0.4 is 4.74 Å². The fourth-order valence-electron chi connectivity index (χ4n) is 3.19. The summed E-state index contributed by atoms with van der Waals surface area (Å²) in [7, 11) is 3.60. The molecule has 0 radical (unpaired) electrons. The van der Waals surface area contributed by atoms with Crippen molar-refractivity contribution in [1.82, 2.24) is 4.90 Å². The van der Waals surface area contributed by atoms with E-state index in [4.69, 9.17) is 9.47 Å². The summed E-state index contributed by atoms with van der Waals surface area (Å²) in [6, 6.07) is 15.2. The van der Waals surface area contributed by atoms with Gasteiger partial charge >= 0.3 is 5.97 Å². The molecule has 5 nitrogen and oxygen atoms in total. The van der Waals surface area contributed by atoms with Gasteiger partial charge in [-0.15, -0.1) is 0 Å². The zero-order valence-electron chi connectivity index (χ0n) is 15.7. The average molecular weight is 365 g/mol. The molecular formula is C22H23NO4. The van der Waals surface area contributed by atoms with Crippen molar-refractivity contribution in [1.29, 1.82) is 0 Å². The first-order chi connectivity index (χ1) is 13.0. The molecule has 0 N–H and O–H groups in total. The molecule has 27 heavy (non-hydrogen) atoms. The summed E-state index contributed by atoms with van der Waals surface area (Å²) >= 11 is 0. The van der Waals surface area contributed by atoms with E-state index in [0.717, 1.165) is 11.1 Å². The Labute approximate surface area is 159 Å². The molecule has 0 aromatic heterocycles. The van der Waals surface area contributed by atoms with E-state index < -0.39 is 18.0 Å². The molecule has 0 saturated carbocycles. The van der Waals surface area contributed by atoms with Crippen LogP contribution in [-0.4, -0.2) is 37.0 Å². The first-order valence-corrected chi connectivity index (χ1v) is 8.95. The lowest BCUT2D eigenvalue weighted by atomic mass is 9.88. The van der Waals surface area contributed by atoms with Gasteiger partial charge in [0.15, 0.2) is 6.23 Å². The summed E-state index contributed by atoms with van der Waals surface area (Å²) in [5.41, 5.74) is 2.16. The normalized spacial score (nSPS) is 16.4. The number of esters is 1. The van der Waals surface area contributed by atoms with Gasteiger partial charge in [-0.05, 0) is 38.2 Å². The second-order valence-corrected chi connectivity index (χ2v) is 6.62. The van der Waals surface area contributed by atoms with Crippen molar-refractivity contribution in [3.05, 3.63) is 77.6 Å². The van der Waals surface area contributed by atoms with E-state index in [1.165, 1.54) is 0 Å². The van der Waals surface area contributed by atoms with Crippen LogP contribution in [0.15, 0.2) is 60.9 Å². The van der Waals surface area contributed by atoms with Gasteiger partial charge in [-0.3, -0.25) is 9.69 Å². The third-order valence-electron chi connectivity index (χ3n) is 4.59. The Balaban J connectivity index is 1.91. The highest BCUT2D eigenvalue weighted by Crippen LogP contribution is 2.38. The van der Waals surface area contributed by atoms with Crippen LogP contribution in [0, 0.1) is 0 Å². The van der Waals surface area contributed by atoms with Crippen molar-refractivity contribution in [3.63, 3.8) is 0 Å². The highest BCUT2D eigenvalue weighted by Gasteiger charge is 2.29. The van der Waals surface area contributed by atoms with Gasteiger partial charge in [-0.2, -0.15) is 0 Å². The minimum Gasteiger partial charge on any atom is -0.464 e. The molecule has 0 fully saturated rings. The van der Waals surface area contributed by atoms with Crippen molar-refractivity contribution in [3.8, 4) is 5.75 Å². The second kappa shape index (κ2) is 8.18. The van der Waals surface area contributed by atoms with Crippen molar-refractivity contribution < 1.29 is 19.1 Å². The smallest absolute Gasteiger partial charge is 0.381 e. The Kier molecular flexibility index (Phi) is 5.72. The summed E-state index contributed by atoms with van der Waals surface area (Å²) in [5, 5.41) is 0. The molecule has 1 aliphatic rings. The van der Waals surface area contributed by atoms with Crippen LogP contribution in [0.5, 0.6) is 5.75 Å². The average Bonchev–Trinajstić information content (AvgIpc) is 2.70. The Morgan fingerprint density at radius 2 is 1.85 bits per heavy atom. The third-order valence-corrected chi connectivity index (χ3v) is 4.59. The number of nitrogens with zero attached hydrogens (tertiary/aromatic N) is 1. The molecule has 2 unspecified atom stereocenters. The first kappa shape index (κ1) is 18.9. The molecule has 1 heterocycles. The summed E-state index contributed by atoms with van der Waals surface area (Å²) in [4.78, 5) is 26.9. The van der Waals surface area contributed by atoms with E-state index >= 15 is 0 Å². The van der Waals surface area contributed by atoms with Crippen LogP contribution in [0.25, 0.3) is 0 Å². The molecule has 0 saturated heterocycles. The number of ether oxygens (including phenoxy) is 2. The lowest BCUT2D eigenvalue weighted by molar-refractivity contribution is -0.151. The molecule has 2 aromatic rings. The zero-order valence-corrected chi connectivity index (χ0v) is 15.7. The number of rotatable bonds is 6. The third kappa shape index (κ3) is 3.93. The number of benzene rings is 2. The van der Waals surface area contributed by atoms with Crippen molar-refractivity contribution in [2.24, 2.45) is 0 Å². The van der Waals surface area contributed by atoms with Gasteiger partial charge in [-0.25, -0.2) is 4.79 Å². The Morgan fingerprint density at radius 3 is 2.52 bits per heavy atom. The number of carbonyl (C=O) groups excluding carboxylic acids is 2. The number of hydrogen-bond donors (Lipinski definition) is 0. The van der Waals surface area contributed by atoms with Gasteiger partial charge in [0.1, 0.15) is 5.75 Å². The Hall–Kier alpha value is -2.92. The Bertz CT molecular complexity index is 858. The number of Topliss-reactive ketones (excluding diaryl/α,β-unsaturated/α-hetero) is 1. The van der Waals surface area contributed by atoms with Crippen LogP contribution in [-0.2, 0) is 9.53 Å². The van der Waals surface area contributed by atoms with Crippen LogP contribution in [0.1, 0.15) is 40.7 Å². The Morgan fingerprint density at radius 1 is 1.11 bits per heavy atom. The van der Waals surface area contributed by atoms with Crippen molar-refractivity contribution in [2.75, 3.05) is 14.1 Å². The number of allylic oxidation sites excluding steroid dienone is 1. The minimum absolute atomic E-state index is 0.0381. The highest BCUT2D eigenvalue weighted by atomic mass is 16.6. The largest absolute Gasteiger partial charge is 0.464 e. The molecule has 0 aliphatic carbocycles. The van der Waals surface area contributed by atoms with E-state index in [-0.39, 0.29) is 11.5 Å². The number of para-hydroxylation sites is 1. The van der Waals surface area contributed by atoms with E-state index in [1.54, 1.807) is 37.4 Å². The molecule has 1 aliphatic heterocycles. The molecule has 140 valence electrons. The molecular weight excluding hydrogens is 342 g/mol. The fourth-order valence-corrected chi connectivity index (χ4v) is 3.19.